The number of rotatable bonds is 6. The number of H-pyrrole nitrogens is 1. The summed E-state index contributed by atoms with van der Waals surface area (Å²) in [4.78, 5) is 17.6. The number of oxime groups is 1. The van der Waals surface area contributed by atoms with Gasteiger partial charge >= 0.3 is 0 Å². The summed E-state index contributed by atoms with van der Waals surface area (Å²) in [5.74, 6) is -0.267. The highest BCUT2D eigenvalue weighted by Crippen LogP contribution is 2.23. The number of halogens is 1. The maximum absolute atomic E-state index is 12.5. The number of benzene rings is 1. The van der Waals surface area contributed by atoms with Crippen molar-refractivity contribution in [3.8, 4) is 0 Å². The number of sulfone groups is 1. The van der Waals surface area contributed by atoms with Crippen molar-refractivity contribution in [3.05, 3.63) is 41.0 Å². The number of hydrogen-bond acceptors (Lipinski definition) is 6. The van der Waals surface area contributed by atoms with E-state index in [4.69, 9.17) is 16.4 Å². The molecule has 25 heavy (non-hydrogen) atoms. The Balaban J connectivity index is 2.40. The van der Waals surface area contributed by atoms with Gasteiger partial charge in [0, 0.05) is 24.1 Å². The van der Waals surface area contributed by atoms with E-state index in [1.165, 1.54) is 18.2 Å². The highest BCUT2D eigenvalue weighted by Gasteiger charge is 2.20. The van der Waals surface area contributed by atoms with E-state index >= 15 is 0 Å². The number of anilines is 1. The Labute approximate surface area is 150 Å². The van der Waals surface area contributed by atoms with Crippen LogP contribution in [-0.4, -0.2) is 42.6 Å². The topological polar surface area (TPSA) is 114 Å². The molecule has 0 fully saturated rings. The molecule has 1 aromatic heterocycles. The van der Waals surface area contributed by atoms with Crippen LogP contribution in [0.25, 0.3) is 0 Å². The summed E-state index contributed by atoms with van der Waals surface area (Å²) in [6, 6.07) is 5.68. The van der Waals surface area contributed by atoms with Gasteiger partial charge < -0.3 is 10.2 Å². The van der Waals surface area contributed by atoms with Crippen molar-refractivity contribution < 1.29 is 18.0 Å². The lowest BCUT2D eigenvalue weighted by Crippen LogP contribution is -2.25. The highest BCUT2D eigenvalue weighted by molar-refractivity contribution is 7.90. The maximum atomic E-state index is 12.5. The van der Waals surface area contributed by atoms with E-state index in [-0.39, 0.29) is 21.7 Å². The minimum absolute atomic E-state index is 0.00943. The summed E-state index contributed by atoms with van der Waals surface area (Å²) in [6.07, 6.45) is 2.35. The van der Waals surface area contributed by atoms with Crippen LogP contribution in [0.2, 0.25) is 5.02 Å². The normalized spacial score (nSPS) is 12.3. The van der Waals surface area contributed by atoms with E-state index < -0.39 is 15.7 Å². The lowest BCUT2D eigenvalue weighted by molar-refractivity contribution is -0.110. The molecule has 0 aliphatic rings. The summed E-state index contributed by atoms with van der Waals surface area (Å²) in [7, 11) is -3.48. The van der Waals surface area contributed by atoms with Crippen LogP contribution in [0.15, 0.2) is 40.5 Å². The minimum atomic E-state index is -3.48. The van der Waals surface area contributed by atoms with Gasteiger partial charge in [-0.15, -0.1) is 0 Å². The van der Waals surface area contributed by atoms with Crippen LogP contribution in [0.5, 0.6) is 0 Å². The number of hydrogen-bond donors (Lipinski definition) is 2. The van der Waals surface area contributed by atoms with Gasteiger partial charge in [-0.3, -0.25) is 9.89 Å². The first-order chi connectivity index (χ1) is 11.7. The van der Waals surface area contributed by atoms with Crippen LogP contribution in [0.3, 0.4) is 0 Å². The molecular formula is C15H17ClN4O4S. The van der Waals surface area contributed by atoms with Gasteiger partial charge in [-0.05, 0) is 26.0 Å². The van der Waals surface area contributed by atoms with E-state index in [0.29, 0.717) is 11.4 Å². The summed E-state index contributed by atoms with van der Waals surface area (Å²) >= 11 is 6.04. The second-order valence-corrected chi connectivity index (χ2v) is 7.82. The van der Waals surface area contributed by atoms with Crippen molar-refractivity contribution in [1.29, 1.82) is 0 Å². The fourth-order valence-corrected chi connectivity index (χ4v) is 3.17. The average Bonchev–Trinajstić information content (AvgIpc) is 2.98. The Morgan fingerprint density at radius 2 is 2.08 bits per heavy atom. The van der Waals surface area contributed by atoms with Gasteiger partial charge in [-0.25, -0.2) is 8.42 Å². The fraction of sp³-hybridized carbons (Fsp3) is 0.267. The third-order valence-corrected chi connectivity index (χ3v) is 4.50. The predicted octanol–water partition coefficient (Wildman–Crippen LogP) is 2.23. The monoisotopic (exact) mass is 384 g/mol. The van der Waals surface area contributed by atoms with Crippen LogP contribution in [-0.2, 0) is 19.5 Å². The van der Waals surface area contributed by atoms with Crippen molar-refractivity contribution >= 4 is 38.9 Å². The molecule has 0 saturated carbocycles. The van der Waals surface area contributed by atoms with E-state index in [1.54, 1.807) is 26.1 Å². The van der Waals surface area contributed by atoms with Crippen molar-refractivity contribution in [2.75, 3.05) is 11.6 Å². The second-order valence-electron chi connectivity index (χ2n) is 5.43. The van der Waals surface area contributed by atoms with E-state index in [2.05, 4.69) is 20.7 Å². The minimum Gasteiger partial charge on any atom is -0.392 e. The molecule has 0 saturated heterocycles. The van der Waals surface area contributed by atoms with Gasteiger partial charge in [0.1, 0.15) is 6.10 Å². The van der Waals surface area contributed by atoms with Crippen LogP contribution in [0.1, 0.15) is 19.4 Å². The molecule has 0 aliphatic heterocycles. The Morgan fingerprint density at radius 1 is 1.36 bits per heavy atom. The molecule has 0 bridgehead atoms. The van der Waals surface area contributed by atoms with Crippen LogP contribution >= 0.6 is 11.6 Å². The predicted molar refractivity (Wildman–Crippen MR) is 94.5 cm³/mol. The molecule has 0 unspecified atom stereocenters. The van der Waals surface area contributed by atoms with Crippen LogP contribution in [0.4, 0.5) is 5.82 Å². The standard InChI is InChI=1S/C15H17ClN4O4S/c1-9(2)24-20-14(15(21)18-13-6-7-17-19-13)10-4-5-12(11(16)8-10)25(3,22)23/h4-9H,1-3H3,(H2,17,18,19,21). The van der Waals surface area contributed by atoms with Gasteiger partial charge in [-0.1, -0.05) is 22.8 Å². The third kappa shape index (κ3) is 5.04. The lowest BCUT2D eigenvalue weighted by atomic mass is 10.1. The number of nitrogens with zero attached hydrogens (tertiary/aromatic N) is 2. The lowest BCUT2D eigenvalue weighted by Gasteiger charge is -2.10. The zero-order chi connectivity index (χ0) is 18.6. The third-order valence-electron chi connectivity index (χ3n) is 2.92. The molecule has 0 atom stereocenters. The Kier molecular flexibility index (Phi) is 5.81. The van der Waals surface area contributed by atoms with Crippen molar-refractivity contribution in [2.24, 2.45) is 5.16 Å². The van der Waals surface area contributed by atoms with Gasteiger partial charge in [0.25, 0.3) is 5.91 Å². The molecule has 0 spiro atoms. The second kappa shape index (κ2) is 7.66. The molecule has 1 aromatic carbocycles. The Morgan fingerprint density at radius 3 is 2.60 bits per heavy atom. The fourth-order valence-electron chi connectivity index (χ4n) is 1.84. The van der Waals surface area contributed by atoms with Crippen molar-refractivity contribution in [3.63, 3.8) is 0 Å². The molecule has 2 rings (SSSR count). The summed E-state index contributed by atoms with van der Waals surface area (Å²) < 4.78 is 23.3. The van der Waals surface area contributed by atoms with Crippen molar-refractivity contribution in [2.45, 2.75) is 24.8 Å². The zero-order valence-electron chi connectivity index (χ0n) is 13.8. The summed E-state index contributed by atoms with van der Waals surface area (Å²) in [5, 5.41) is 12.8. The smallest absolute Gasteiger partial charge is 0.279 e. The summed E-state index contributed by atoms with van der Waals surface area (Å²) in [6.45, 7) is 3.51. The molecule has 1 amide bonds. The van der Waals surface area contributed by atoms with Gasteiger partial charge in [-0.2, -0.15) is 5.10 Å². The zero-order valence-corrected chi connectivity index (χ0v) is 15.4. The largest absolute Gasteiger partial charge is 0.392 e. The molecule has 0 radical (unpaired) electrons. The molecule has 0 aliphatic carbocycles. The van der Waals surface area contributed by atoms with Gasteiger partial charge in [0.05, 0.1) is 9.92 Å². The first-order valence-electron chi connectivity index (χ1n) is 7.23. The Bertz CT molecular complexity index is 892. The van der Waals surface area contributed by atoms with Crippen LogP contribution < -0.4 is 5.32 Å². The molecular weight excluding hydrogens is 368 g/mol. The molecule has 8 nitrogen and oxygen atoms in total. The number of amides is 1. The molecule has 10 heteroatoms. The van der Waals surface area contributed by atoms with Crippen molar-refractivity contribution in [1.82, 2.24) is 10.2 Å². The SMILES string of the molecule is CC(C)ON=C(C(=O)Nc1cc[nH]n1)c1ccc(S(C)(=O)=O)c(Cl)c1. The molecule has 2 aromatic rings. The van der Waals surface area contributed by atoms with E-state index in [9.17, 15) is 13.2 Å². The van der Waals surface area contributed by atoms with E-state index in [1.807, 2.05) is 0 Å². The number of nitrogens with one attached hydrogen (secondary N) is 2. The number of carbonyl (C=O) groups excluding carboxylic acids is 1. The first-order valence-corrected chi connectivity index (χ1v) is 9.50. The number of carbonyl (C=O) groups is 1. The molecule has 1 heterocycles. The number of aromatic nitrogens is 2. The van der Waals surface area contributed by atoms with Crippen LogP contribution in [0, 0.1) is 0 Å². The Hall–Kier alpha value is -2.39. The van der Waals surface area contributed by atoms with Gasteiger partial charge in [0.15, 0.2) is 21.4 Å². The highest BCUT2D eigenvalue weighted by atomic mass is 35.5. The average molecular weight is 385 g/mol. The maximum Gasteiger partial charge on any atom is 0.279 e. The molecule has 134 valence electrons. The van der Waals surface area contributed by atoms with Gasteiger partial charge in [0.2, 0.25) is 0 Å². The summed E-state index contributed by atoms with van der Waals surface area (Å²) in [5.41, 5.74) is 0.254. The van der Waals surface area contributed by atoms with E-state index in [0.717, 1.165) is 6.26 Å². The quantitative estimate of drug-likeness (QED) is 0.585. The first kappa shape index (κ1) is 18.9. The number of aromatic amines is 1. The molecule has 2 N–H and O–H groups in total.